The van der Waals surface area contributed by atoms with E-state index in [1.165, 1.54) is 0 Å². The molecule has 0 fully saturated rings. The van der Waals surface area contributed by atoms with Gasteiger partial charge in [0.2, 0.25) is 11.5 Å². The molecule has 2 rings (SSSR count). The third-order valence-corrected chi connectivity index (χ3v) is 2.37. The van der Waals surface area contributed by atoms with Crippen molar-refractivity contribution in [2.45, 2.75) is 6.92 Å². The fraction of sp³-hybridized carbons (Fsp3) is 0.111. The van der Waals surface area contributed by atoms with Crippen molar-refractivity contribution in [1.82, 2.24) is 15.3 Å². The highest BCUT2D eigenvalue weighted by Gasteiger charge is 2.18. The Balaban J connectivity index is 2.28. The quantitative estimate of drug-likeness (QED) is 0.780. The highest BCUT2D eigenvalue weighted by molar-refractivity contribution is 6.32. The van der Waals surface area contributed by atoms with Crippen LogP contribution in [0.4, 0.5) is 11.5 Å². The monoisotopic (exact) mass is 253 g/mol. The average molecular weight is 254 g/mol. The number of aromatic nitrogens is 3. The third-order valence-electron chi connectivity index (χ3n) is 2.08. The molecule has 0 aliphatic rings. The standard InChI is InChI=1S/C9H8ClN5O2/c1-4-2-3-12-7(10)5(4)13-9(16)6-8(11)15-17-14-6/h2-3H,1H3,(H2,11,15)(H,13,16). The smallest absolute Gasteiger partial charge is 0.281 e. The molecule has 7 nitrogen and oxygen atoms in total. The largest absolute Gasteiger partial charge is 0.379 e. The summed E-state index contributed by atoms with van der Waals surface area (Å²) in [6.45, 7) is 1.79. The lowest BCUT2D eigenvalue weighted by Gasteiger charge is -2.07. The van der Waals surface area contributed by atoms with Crippen molar-refractivity contribution in [3.8, 4) is 0 Å². The number of nitrogens with zero attached hydrogens (tertiary/aromatic N) is 3. The maximum atomic E-state index is 11.8. The van der Waals surface area contributed by atoms with E-state index in [0.717, 1.165) is 5.56 Å². The highest BCUT2D eigenvalue weighted by Crippen LogP contribution is 2.23. The summed E-state index contributed by atoms with van der Waals surface area (Å²) >= 11 is 5.86. The van der Waals surface area contributed by atoms with Crippen molar-refractivity contribution in [3.63, 3.8) is 0 Å². The normalized spacial score (nSPS) is 10.2. The Bertz CT molecular complexity index is 548. The maximum absolute atomic E-state index is 11.8. The van der Waals surface area contributed by atoms with E-state index in [4.69, 9.17) is 17.3 Å². The SMILES string of the molecule is Cc1ccnc(Cl)c1NC(=O)c1nonc1N. The molecule has 3 N–H and O–H groups in total. The van der Waals surface area contributed by atoms with Crippen molar-refractivity contribution in [2.24, 2.45) is 0 Å². The molecule has 1 amide bonds. The van der Waals surface area contributed by atoms with E-state index in [2.05, 4.69) is 25.2 Å². The number of aryl methyl sites for hydroxylation is 1. The Morgan fingerprint density at radius 3 is 2.88 bits per heavy atom. The van der Waals surface area contributed by atoms with Crippen LogP contribution >= 0.6 is 11.6 Å². The molecule has 0 saturated heterocycles. The molecule has 2 aromatic rings. The first-order chi connectivity index (χ1) is 8.09. The zero-order valence-corrected chi connectivity index (χ0v) is 9.52. The van der Waals surface area contributed by atoms with Gasteiger partial charge < -0.3 is 11.1 Å². The van der Waals surface area contributed by atoms with E-state index in [1.54, 1.807) is 19.2 Å². The molecule has 0 saturated carbocycles. The van der Waals surface area contributed by atoms with E-state index < -0.39 is 5.91 Å². The molecular formula is C9H8ClN5O2. The van der Waals surface area contributed by atoms with Crippen LogP contribution in [0.25, 0.3) is 0 Å². The molecule has 2 aromatic heterocycles. The van der Waals surface area contributed by atoms with Gasteiger partial charge in [0.15, 0.2) is 5.15 Å². The predicted octanol–water partition coefficient (Wildman–Crippen LogP) is 1.26. The number of carbonyl (C=O) groups excluding carboxylic acids is 1. The minimum Gasteiger partial charge on any atom is -0.379 e. The molecule has 88 valence electrons. The van der Waals surface area contributed by atoms with Crippen LogP contribution in [0, 0.1) is 6.92 Å². The van der Waals surface area contributed by atoms with Gasteiger partial charge in [0.1, 0.15) is 0 Å². The fourth-order valence-corrected chi connectivity index (χ4v) is 1.45. The Labute approximate surface area is 101 Å². The van der Waals surface area contributed by atoms with Crippen LogP contribution in [0.1, 0.15) is 16.1 Å². The maximum Gasteiger partial charge on any atom is 0.281 e. The second kappa shape index (κ2) is 4.38. The summed E-state index contributed by atoms with van der Waals surface area (Å²) in [6.07, 6.45) is 1.54. The second-order valence-electron chi connectivity index (χ2n) is 3.25. The summed E-state index contributed by atoms with van der Waals surface area (Å²) in [5, 5.41) is 9.43. The molecule has 2 heterocycles. The van der Waals surface area contributed by atoms with Crippen LogP contribution in [0.3, 0.4) is 0 Å². The van der Waals surface area contributed by atoms with Crippen LogP contribution in [-0.4, -0.2) is 21.2 Å². The molecule has 0 radical (unpaired) electrons. The van der Waals surface area contributed by atoms with Gasteiger partial charge >= 0.3 is 0 Å². The van der Waals surface area contributed by atoms with Crippen LogP contribution < -0.4 is 11.1 Å². The third kappa shape index (κ3) is 2.18. The minimum absolute atomic E-state index is 0.0832. The average Bonchev–Trinajstić information content (AvgIpc) is 2.70. The Hall–Kier alpha value is -2.15. The number of anilines is 2. The van der Waals surface area contributed by atoms with Crippen molar-refractivity contribution in [3.05, 3.63) is 28.7 Å². The van der Waals surface area contributed by atoms with E-state index in [0.29, 0.717) is 5.69 Å². The lowest BCUT2D eigenvalue weighted by molar-refractivity contribution is 0.101. The second-order valence-corrected chi connectivity index (χ2v) is 3.60. The van der Waals surface area contributed by atoms with Gasteiger partial charge in [0.05, 0.1) is 5.69 Å². The molecule has 17 heavy (non-hydrogen) atoms. The molecule has 8 heteroatoms. The van der Waals surface area contributed by atoms with Gasteiger partial charge in [-0.3, -0.25) is 4.79 Å². The Morgan fingerprint density at radius 2 is 2.29 bits per heavy atom. The molecule has 0 aliphatic heterocycles. The summed E-state index contributed by atoms with van der Waals surface area (Å²) in [7, 11) is 0. The van der Waals surface area contributed by atoms with Gasteiger partial charge in [-0.25, -0.2) is 9.61 Å². The summed E-state index contributed by atoms with van der Waals surface area (Å²) in [5.41, 5.74) is 6.48. The molecular weight excluding hydrogens is 246 g/mol. The van der Waals surface area contributed by atoms with Crippen LogP contribution in [-0.2, 0) is 0 Å². The number of pyridine rings is 1. The minimum atomic E-state index is -0.554. The van der Waals surface area contributed by atoms with Gasteiger partial charge in [-0.2, -0.15) is 0 Å². The molecule has 0 bridgehead atoms. The van der Waals surface area contributed by atoms with Crippen LogP contribution in [0.2, 0.25) is 5.15 Å². The number of carbonyl (C=O) groups is 1. The van der Waals surface area contributed by atoms with Crippen molar-refractivity contribution in [2.75, 3.05) is 11.1 Å². The van der Waals surface area contributed by atoms with Crippen molar-refractivity contribution >= 4 is 29.0 Å². The molecule has 0 atom stereocenters. The number of amides is 1. The number of rotatable bonds is 2. The lowest BCUT2D eigenvalue weighted by atomic mass is 10.2. The van der Waals surface area contributed by atoms with E-state index >= 15 is 0 Å². The summed E-state index contributed by atoms with van der Waals surface area (Å²) < 4.78 is 4.33. The Kier molecular flexibility index (Phi) is 2.92. The number of halogens is 1. The molecule has 0 aliphatic carbocycles. The number of hydrogen-bond acceptors (Lipinski definition) is 6. The van der Waals surface area contributed by atoms with Crippen molar-refractivity contribution in [1.29, 1.82) is 0 Å². The van der Waals surface area contributed by atoms with Gasteiger partial charge in [0.25, 0.3) is 5.91 Å². The fourth-order valence-electron chi connectivity index (χ4n) is 1.20. The van der Waals surface area contributed by atoms with Gasteiger partial charge in [-0.05, 0) is 28.9 Å². The topological polar surface area (TPSA) is 107 Å². The number of nitrogens with two attached hydrogens (primary N) is 1. The lowest BCUT2D eigenvalue weighted by Crippen LogP contribution is -2.15. The van der Waals surface area contributed by atoms with Gasteiger partial charge in [-0.15, -0.1) is 0 Å². The zero-order chi connectivity index (χ0) is 12.4. The first kappa shape index (κ1) is 11.3. The first-order valence-corrected chi connectivity index (χ1v) is 4.98. The molecule has 0 spiro atoms. The summed E-state index contributed by atoms with van der Waals surface area (Å²) in [4.78, 5) is 15.6. The van der Waals surface area contributed by atoms with Gasteiger partial charge in [-0.1, -0.05) is 11.6 Å². The molecule has 0 aromatic carbocycles. The predicted molar refractivity (Wildman–Crippen MR) is 60.6 cm³/mol. The van der Waals surface area contributed by atoms with Crippen LogP contribution in [0.5, 0.6) is 0 Å². The Morgan fingerprint density at radius 1 is 1.53 bits per heavy atom. The van der Waals surface area contributed by atoms with E-state index in [-0.39, 0.29) is 16.7 Å². The van der Waals surface area contributed by atoms with Gasteiger partial charge in [0, 0.05) is 6.20 Å². The highest BCUT2D eigenvalue weighted by atomic mass is 35.5. The molecule has 0 unspecified atom stereocenters. The van der Waals surface area contributed by atoms with Crippen molar-refractivity contribution < 1.29 is 9.42 Å². The van der Waals surface area contributed by atoms with E-state index in [1.807, 2.05) is 0 Å². The van der Waals surface area contributed by atoms with Crippen LogP contribution in [0.15, 0.2) is 16.9 Å². The number of nitrogen functional groups attached to an aromatic ring is 1. The summed E-state index contributed by atoms with van der Waals surface area (Å²) in [6, 6.07) is 1.71. The number of hydrogen-bond donors (Lipinski definition) is 2. The zero-order valence-electron chi connectivity index (χ0n) is 8.77. The first-order valence-electron chi connectivity index (χ1n) is 4.60. The van der Waals surface area contributed by atoms with E-state index in [9.17, 15) is 4.79 Å². The summed E-state index contributed by atoms with van der Waals surface area (Å²) in [5.74, 6) is -0.637. The number of nitrogens with one attached hydrogen (secondary N) is 1.